The van der Waals surface area contributed by atoms with Crippen LogP contribution in [0, 0.1) is 0 Å². The molecule has 31 heavy (non-hydrogen) atoms. The number of aryl methyl sites for hydroxylation is 1. The zero-order chi connectivity index (χ0) is 22.1. The molecular formula is C25H27N3O3. The van der Waals surface area contributed by atoms with Gasteiger partial charge in [-0.3, -0.25) is 14.4 Å². The SMILES string of the molecule is CC(NC(=O)CNC(=O)CCc1ccccc1)C(=O)NCc1cccc2ccccc12. The highest BCUT2D eigenvalue weighted by atomic mass is 16.2. The summed E-state index contributed by atoms with van der Waals surface area (Å²) in [4.78, 5) is 36.4. The number of fused-ring (bicyclic) bond motifs is 1. The van der Waals surface area contributed by atoms with Gasteiger partial charge in [0.05, 0.1) is 6.54 Å². The van der Waals surface area contributed by atoms with Gasteiger partial charge in [-0.1, -0.05) is 72.8 Å². The van der Waals surface area contributed by atoms with E-state index < -0.39 is 11.9 Å². The number of hydrogen-bond donors (Lipinski definition) is 3. The van der Waals surface area contributed by atoms with Gasteiger partial charge < -0.3 is 16.0 Å². The first kappa shape index (κ1) is 22.0. The van der Waals surface area contributed by atoms with Crippen LogP contribution in [0.1, 0.15) is 24.5 Å². The van der Waals surface area contributed by atoms with Crippen molar-refractivity contribution in [1.82, 2.24) is 16.0 Å². The number of rotatable bonds is 9. The van der Waals surface area contributed by atoms with Crippen molar-refractivity contribution < 1.29 is 14.4 Å². The van der Waals surface area contributed by atoms with Crippen molar-refractivity contribution in [2.45, 2.75) is 32.4 Å². The summed E-state index contributed by atoms with van der Waals surface area (Å²) < 4.78 is 0. The molecule has 1 atom stereocenters. The Bertz CT molecular complexity index is 1040. The summed E-state index contributed by atoms with van der Waals surface area (Å²) in [5.41, 5.74) is 2.08. The van der Waals surface area contributed by atoms with Gasteiger partial charge >= 0.3 is 0 Å². The quantitative estimate of drug-likeness (QED) is 0.500. The topological polar surface area (TPSA) is 87.3 Å². The molecule has 3 rings (SSSR count). The van der Waals surface area contributed by atoms with E-state index in [4.69, 9.17) is 0 Å². The number of nitrogens with one attached hydrogen (secondary N) is 3. The third-order valence-corrected chi connectivity index (χ3v) is 5.03. The lowest BCUT2D eigenvalue weighted by atomic mass is 10.0. The maximum Gasteiger partial charge on any atom is 0.242 e. The van der Waals surface area contributed by atoms with Crippen LogP contribution >= 0.6 is 0 Å². The lowest BCUT2D eigenvalue weighted by molar-refractivity contribution is -0.129. The van der Waals surface area contributed by atoms with E-state index in [2.05, 4.69) is 16.0 Å². The van der Waals surface area contributed by atoms with Crippen LogP contribution in [-0.4, -0.2) is 30.3 Å². The van der Waals surface area contributed by atoms with Crippen LogP contribution in [0.2, 0.25) is 0 Å². The first-order valence-electron chi connectivity index (χ1n) is 10.4. The lowest BCUT2D eigenvalue weighted by Gasteiger charge is -2.15. The Morgan fingerprint density at radius 3 is 2.32 bits per heavy atom. The van der Waals surface area contributed by atoms with Crippen LogP contribution in [0.4, 0.5) is 0 Å². The van der Waals surface area contributed by atoms with Crippen molar-refractivity contribution in [1.29, 1.82) is 0 Å². The molecule has 3 amide bonds. The van der Waals surface area contributed by atoms with Crippen molar-refractivity contribution in [2.24, 2.45) is 0 Å². The molecule has 0 aliphatic rings. The van der Waals surface area contributed by atoms with Gasteiger partial charge in [0.25, 0.3) is 0 Å². The predicted octanol–water partition coefficient (Wildman–Crippen LogP) is 2.71. The fourth-order valence-corrected chi connectivity index (χ4v) is 3.31. The Labute approximate surface area is 182 Å². The fraction of sp³-hybridized carbons (Fsp3) is 0.240. The molecule has 3 aromatic rings. The molecule has 6 nitrogen and oxygen atoms in total. The summed E-state index contributed by atoms with van der Waals surface area (Å²) in [7, 11) is 0. The van der Waals surface area contributed by atoms with Gasteiger partial charge in [0, 0.05) is 13.0 Å². The summed E-state index contributed by atoms with van der Waals surface area (Å²) in [6.07, 6.45) is 0.916. The van der Waals surface area contributed by atoms with Crippen molar-refractivity contribution in [3.8, 4) is 0 Å². The van der Waals surface area contributed by atoms with Crippen LogP contribution in [0.5, 0.6) is 0 Å². The van der Waals surface area contributed by atoms with Crippen molar-refractivity contribution in [2.75, 3.05) is 6.54 Å². The van der Waals surface area contributed by atoms with Crippen LogP contribution in [-0.2, 0) is 27.3 Å². The summed E-state index contributed by atoms with van der Waals surface area (Å²) in [5, 5.41) is 10.3. The van der Waals surface area contributed by atoms with Crippen molar-refractivity contribution in [3.05, 3.63) is 83.9 Å². The van der Waals surface area contributed by atoms with Gasteiger partial charge in [-0.2, -0.15) is 0 Å². The zero-order valence-corrected chi connectivity index (χ0v) is 17.6. The fourth-order valence-electron chi connectivity index (χ4n) is 3.31. The molecule has 0 bridgehead atoms. The molecule has 0 heterocycles. The van der Waals surface area contributed by atoms with E-state index in [-0.39, 0.29) is 18.4 Å². The van der Waals surface area contributed by atoms with Gasteiger partial charge in [0.2, 0.25) is 17.7 Å². The average Bonchev–Trinajstić information content (AvgIpc) is 2.80. The highest BCUT2D eigenvalue weighted by Gasteiger charge is 2.16. The van der Waals surface area contributed by atoms with E-state index in [0.29, 0.717) is 19.4 Å². The molecule has 3 N–H and O–H groups in total. The third kappa shape index (κ3) is 6.67. The van der Waals surface area contributed by atoms with Crippen LogP contribution in [0.15, 0.2) is 72.8 Å². The monoisotopic (exact) mass is 417 g/mol. The Hall–Kier alpha value is -3.67. The van der Waals surface area contributed by atoms with E-state index in [1.54, 1.807) is 6.92 Å². The number of carbonyl (C=O) groups is 3. The van der Waals surface area contributed by atoms with Crippen molar-refractivity contribution in [3.63, 3.8) is 0 Å². The second kappa shape index (κ2) is 10.9. The molecule has 0 aromatic heterocycles. The average molecular weight is 418 g/mol. The minimum Gasteiger partial charge on any atom is -0.350 e. The second-order valence-corrected chi connectivity index (χ2v) is 7.41. The molecule has 0 saturated carbocycles. The van der Waals surface area contributed by atoms with E-state index in [1.165, 1.54) is 0 Å². The molecule has 0 fully saturated rings. The van der Waals surface area contributed by atoms with Crippen LogP contribution in [0.25, 0.3) is 10.8 Å². The van der Waals surface area contributed by atoms with Crippen LogP contribution in [0.3, 0.4) is 0 Å². The Morgan fingerprint density at radius 1 is 0.806 bits per heavy atom. The number of hydrogen-bond acceptors (Lipinski definition) is 3. The van der Waals surface area contributed by atoms with Crippen LogP contribution < -0.4 is 16.0 Å². The summed E-state index contributed by atoms with van der Waals surface area (Å²) >= 11 is 0. The summed E-state index contributed by atoms with van der Waals surface area (Å²) in [6.45, 7) is 1.83. The van der Waals surface area contributed by atoms with Gasteiger partial charge in [-0.15, -0.1) is 0 Å². The van der Waals surface area contributed by atoms with Gasteiger partial charge in [0.15, 0.2) is 0 Å². The van der Waals surface area contributed by atoms with Crippen molar-refractivity contribution >= 4 is 28.5 Å². The van der Waals surface area contributed by atoms with E-state index >= 15 is 0 Å². The van der Waals surface area contributed by atoms with E-state index in [0.717, 1.165) is 21.9 Å². The minimum atomic E-state index is -0.705. The van der Waals surface area contributed by atoms with E-state index in [9.17, 15) is 14.4 Å². The molecule has 0 spiro atoms. The smallest absolute Gasteiger partial charge is 0.242 e. The molecule has 1 unspecified atom stereocenters. The Morgan fingerprint density at radius 2 is 1.52 bits per heavy atom. The minimum absolute atomic E-state index is 0.158. The predicted molar refractivity (Wildman–Crippen MR) is 121 cm³/mol. The highest BCUT2D eigenvalue weighted by molar-refractivity contribution is 5.90. The number of amides is 3. The summed E-state index contributed by atoms with van der Waals surface area (Å²) in [5.74, 6) is -0.885. The first-order valence-corrected chi connectivity index (χ1v) is 10.4. The van der Waals surface area contributed by atoms with Gasteiger partial charge in [-0.05, 0) is 35.2 Å². The normalized spacial score (nSPS) is 11.5. The zero-order valence-electron chi connectivity index (χ0n) is 17.6. The first-order chi connectivity index (χ1) is 15.0. The molecule has 0 radical (unpaired) electrons. The Kier molecular flexibility index (Phi) is 7.76. The number of benzene rings is 3. The van der Waals surface area contributed by atoms with Gasteiger partial charge in [0.1, 0.15) is 6.04 Å². The molecule has 0 aliphatic heterocycles. The maximum atomic E-state index is 12.4. The largest absolute Gasteiger partial charge is 0.350 e. The molecule has 6 heteroatoms. The highest BCUT2D eigenvalue weighted by Crippen LogP contribution is 2.18. The molecular weight excluding hydrogens is 390 g/mol. The summed E-state index contributed by atoms with van der Waals surface area (Å²) in [6, 6.07) is 22.9. The molecule has 3 aromatic carbocycles. The molecule has 0 aliphatic carbocycles. The molecule has 0 saturated heterocycles. The maximum absolute atomic E-state index is 12.4. The standard InChI is InChI=1S/C25H27N3O3/c1-18(25(31)27-16-21-12-7-11-20-10-5-6-13-22(20)21)28-24(30)17-26-23(29)15-14-19-8-3-2-4-9-19/h2-13,18H,14-17H2,1H3,(H,26,29)(H,27,31)(H,28,30). The molecule has 160 valence electrons. The van der Waals surface area contributed by atoms with Gasteiger partial charge in [-0.25, -0.2) is 0 Å². The second-order valence-electron chi connectivity index (χ2n) is 7.41. The number of carbonyl (C=O) groups excluding carboxylic acids is 3. The Balaban J connectivity index is 1.39. The third-order valence-electron chi connectivity index (χ3n) is 5.03. The van der Waals surface area contributed by atoms with E-state index in [1.807, 2.05) is 72.8 Å². The lowest BCUT2D eigenvalue weighted by Crippen LogP contribution is -2.47.